The monoisotopic (exact) mass is 337 g/mol. The number of alkyl carbamates (subject to hydrolysis) is 1. The molecule has 1 aromatic rings. The van der Waals surface area contributed by atoms with Crippen LogP contribution >= 0.6 is 0 Å². The third-order valence-corrected chi connectivity index (χ3v) is 2.59. The molecule has 0 aliphatic rings. The van der Waals surface area contributed by atoms with Crippen LogP contribution in [0.25, 0.3) is 0 Å². The summed E-state index contributed by atoms with van der Waals surface area (Å²) in [7, 11) is 1.41. The van der Waals surface area contributed by atoms with Crippen LogP contribution in [0.15, 0.2) is 30.3 Å². The highest BCUT2D eigenvalue weighted by Crippen LogP contribution is 2.18. The maximum Gasteiger partial charge on any atom is 0.407 e. The Balaban J connectivity index is 0.000000506. The van der Waals surface area contributed by atoms with Crippen LogP contribution < -0.4 is 5.32 Å². The van der Waals surface area contributed by atoms with Gasteiger partial charge in [-0.2, -0.15) is 0 Å². The van der Waals surface area contributed by atoms with Gasteiger partial charge in [-0.05, 0) is 31.7 Å². The molecule has 1 rings (SSSR count). The summed E-state index contributed by atoms with van der Waals surface area (Å²) in [6.07, 6.45) is 0.107. The number of carbonyl (C=O) groups excluding carboxylic acids is 2. The van der Waals surface area contributed by atoms with E-state index in [2.05, 4.69) is 10.1 Å². The van der Waals surface area contributed by atoms with Crippen molar-refractivity contribution in [1.82, 2.24) is 5.32 Å². The Bertz CT molecular complexity index is 498. The number of rotatable bonds is 3. The SMILES string of the molecule is CC(C)(C)NC(=O)OCc1ccccc1.COC(=O)CC(C)(C)C. The number of benzene rings is 1. The van der Waals surface area contributed by atoms with Gasteiger partial charge in [-0.1, -0.05) is 51.1 Å². The minimum absolute atomic E-state index is 0.0487. The topological polar surface area (TPSA) is 64.6 Å². The Labute approximate surface area is 145 Å². The molecule has 24 heavy (non-hydrogen) atoms. The van der Waals surface area contributed by atoms with E-state index in [0.29, 0.717) is 13.0 Å². The molecule has 0 aliphatic heterocycles. The molecule has 5 heteroatoms. The number of hydrogen-bond acceptors (Lipinski definition) is 4. The van der Waals surface area contributed by atoms with E-state index in [-0.39, 0.29) is 23.0 Å². The molecule has 0 unspecified atom stereocenters. The first-order valence-corrected chi connectivity index (χ1v) is 7.98. The molecule has 0 bridgehead atoms. The Kier molecular flexibility index (Phi) is 9.11. The van der Waals surface area contributed by atoms with Gasteiger partial charge in [0.05, 0.1) is 13.5 Å². The largest absolute Gasteiger partial charge is 0.469 e. The van der Waals surface area contributed by atoms with E-state index >= 15 is 0 Å². The zero-order chi connectivity index (χ0) is 18.8. The molecule has 0 aromatic heterocycles. The summed E-state index contributed by atoms with van der Waals surface area (Å²) >= 11 is 0. The van der Waals surface area contributed by atoms with Crippen molar-refractivity contribution < 1.29 is 19.1 Å². The van der Waals surface area contributed by atoms with Gasteiger partial charge in [0.1, 0.15) is 6.61 Å². The normalized spacial score (nSPS) is 11.0. The van der Waals surface area contributed by atoms with Crippen LogP contribution in [0.3, 0.4) is 0 Å². The molecule has 0 radical (unpaired) electrons. The van der Waals surface area contributed by atoms with Crippen LogP contribution in [-0.4, -0.2) is 24.7 Å². The number of carbonyl (C=O) groups is 2. The van der Waals surface area contributed by atoms with Gasteiger partial charge in [0.25, 0.3) is 0 Å². The smallest absolute Gasteiger partial charge is 0.407 e. The maximum absolute atomic E-state index is 11.3. The van der Waals surface area contributed by atoms with Crippen molar-refractivity contribution in [2.45, 2.75) is 60.1 Å². The molecule has 1 aromatic carbocycles. The van der Waals surface area contributed by atoms with E-state index in [4.69, 9.17) is 4.74 Å². The molecule has 0 fully saturated rings. The summed E-state index contributed by atoms with van der Waals surface area (Å²) in [5, 5.41) is 2.73. The van der Waals surface area contributed by atoms with Gasteiger partial charge in [-0.3, -0.25) is 4.79 Å². The van der Waals surface area contributed by atoms with Gasteiger partial charge in [0, 0.05) is 5.54 Å². The molecule has 0 heterocycles. The van der Waals surface area contributed by atoms with Gasteiger partial charge in [0.2, 0.25) is 0 Å². The fraction of sp³-hybridized carbons (Fsp3) is 0.579. The number of amides is 1. The second-order valence-electron chi connectivity index (χ2n) is 7.75. The Morgan fingerprint density at radius 1 is 1.00 bits per heavy atom. The van der Waals surface area contributed by atoms with Crippen LogP contribution in [0, 0.1) is 5.41 Å². The number of ether oxygens (including phenoxy) is 2. The zero-order valence-electron chi connectivity index (χ0n) is 15.9. The molecule has 0 aliphatic carbocycles. The molecule has 0 saturated carbocycles. The molecule has 5 nitrogen and oxygen atoms in total. The van der Waals surface area contributed by atoms with Gasteiger partial charge in [-0.15, -0.1) is 0 Å². The minimum Gasteiger partial charge on any atom is -0.469 e. The second kappa shape index (κ2) is 9.96. The lowest BCUT2D eigenvalue weighted by Gasteiger charge is -2.19. The first kappa shape index (κ1) is 22.0. The summed E-state index contributed by atoms with van der Waals surface area (Å²) in [6, 6.07) is 9.61. The van der Waals surface area contributed by atoms with Crippen molar-refractivity contribution in [2.24, 2.45) is 5.41 Å². The summed E-state index contributed by atoms with van der Waals surface area (Å²) in [4.78, 5) is 21.9. The number of nitrogens with one attached hydrogen (secondary N) is 1. The highest BCUT2D eigenvalue weighted by Gasteiger charge is 2.15. The number of methoxy groups -OCH3 is 1. The van der Waals surface area contributed by atoms with E-state index < -0.39 is 0 Å². The lowest BCUT2D eigenvalue weighted by molar-refractivity contribution is -0.142. The minimum atomic E-state index is -0.383. The second-order valence-corrected chi connectivity index (χ2v) is 7.75. The van der Waals surface area contributed by atoms with Crippen LogP contribution in [0.4, 0.5) is 4.79 Å². The Morgan fingerprint density at radius 3 is 1.92 bits per heavy atom. The van der Waals surface area contributed by atoms with Crippen molar-refractivity contribution in [3.05, 3.63) is 35.9 Å². The molecule has 1 N–H and O–H groups in total. The average Bonchev–Trinajstić information content (AvgIpc) is 2.43. The van der Waals surface area contributed by atoms with Crippen molar-refractivity contribution >= 4 is 12.1 Å². The zero-order valence-corrected chi connectivity index (χ0v) is 15.9. The van der Waals surface area contributed by atoms with Crippen molar-refractivity contribution in [1.29, 1.82) is 0 Å². The number of esters is 1. The maximum atomic E-state index is 11.3. The predicted octanol–water partition coefficient (Wildman–Crippen LogP) is 4.31. The lowest BCUT2D eigenvalue weighted by Crippen LogP contribution is -2.40. The molecular weight excluding hydrogens is 306 g/mol. The van der Waals surface area contributed by atoms with E-state index in [0.717, 1.165) is 5.56 Å². The first-order chi connectivity index (χ1) is 10.9. The van der Waals surface area contributed by atoms with Crippen LogP contribution in [-0.2, 0) is 20.9 Å². The quantitative estimate of drug-likeness (QED) is 0.835. The van der Waals surface area contributed by atoms with E-state index in [1.807, 2.05) is 71.9 Å². The molecule has 0 atom stereocenters. The molecular formula is C19H31NO4. The molecule has 136 valence electrons. The summed E-state index contributed by atoms with van der Waals surface area (Å²) in [5.41, 5.74) is 0.780. The Morgan fingerprint density at radius 2 is 1.54 bits per heavy atom. The molecule has 0 spiro atoms. The molecule has 0 saturated heterocycles. The Hall–Kier alpha value is -2.04. The van der Waals surface area contributed by atoms with Gasteiger partial charge in [-0.25, -0.2) is 4.79 Å². The van der Waals surface area contributed by atoms with Crippen molar-refractivity contribution in [2.75, 3.05) is 7.11 Å². The average molecular weight is 337 g/mol. The summed E-state index contributed by atoms with van der Waals surface area (Å²) in [5.74, 6) is -0.137. The highest BCUT2D eigenvalue weighted by atomic mass is 16.5. The predicted molar refractivity (Wildman–Crippen MR) is 95.6 cm³/mol. The number of hydrogen-bond donors (Lipinski definition) is 1. The third-order valence-electron chi connectivity index (χ3n) is 2.59. The van der Waals surface area contributed by atoms with E-state index in [9.17, 15) is 9.59 Å². The van der Waals surface area contributed by atoms with E-state index in [1.165, 1.54) is 7.11 Å². The highest BCUT2D eigenvalue weighted by molar-refractivity contribution is 5.69. The fourth-order valence-electron chi connectivity index (χ4n) is 1.57. The van der Waals surface area contributed by atoms with Crippen molar-refractivity contribution in [3.63, 3.8) is 0 Å². The van der Waals surface area contributed by atoms with E-state index in [1.54, 1.807) is 0 Å². The summed E-state index contributed by atoms with van der Waals surface area (Å²) in [6.45, 7) is 12.1. The lowest BCUT2D eigenvalue weighted by atomic mass is 9.93. The van der Waals surface area contributed by atoms with Gasteiger partial charge < -0.3 is 14.8 Å². The van der Waals surface area contributed by atoms with Crippen LogP contribution in [0.5, 0.6) is 0 Å². The fourth-order valence-corrected chi connectivity index (χ4v) is 1.57. The third kappa shape index (κ3) is 13.6. The summed E-state index contributed by atoms with van der Waals surface area (Å²) < 4.78 is 9.54. The molecule has 1 amide bonds. The van der Waals surface area contributed by atoms with Crippen molar-refractivity contribution in [3.8, 4) is 0 Å². The first-order valence-electron chi connectivity index (χ1n) is 7.98. The van der Waals surface area contributed by atoms with Crippen LogP contribution in [0.1, 0.15) is 53.5 Å². The van der Waals surface area contributed by atoms with Gasteiger partial charge in [0.15, 0.2) is 0 Å². The van der Waals surface area contributed by atoms with Crippen LogP contribution in [0.2, 0.25) is 0 Å². The van der Waals surface area contributed by atoms with Gasteiger partial charge >= 0.3 is 12.1 Å². The standard InChI is InChI=1S/C12H17NO2.C7H14O2/c1-12(2,3)13-11(14)15-9-10-7-5-4-6-8-10;1-7(2,3)5-6(8)9-4/h4-8H,9H2,1-3H3,(H,13,14);5H2,1-4H3.